The lowest BCUT2D eigenvalue weighted by atomic mass is 9.60. The molecule has 3 fully saturated rings. The summed E-state index contributed by atoms with van der Waals surface area (Å²) in [4.78, 5) is 35.7. The summed E-state index contributed by atoms with van der Waals surface area (Å²) in [5.74, 6) is 0.150. The van der Waals surface area contributed by atoms with E-state index in [1.165, 1.54) is 5.56 Å². The third-order valence-corrected chi connectivity index (χ3v) is 6.84. The van der Waals surface area contributed by atoms with Gasteiger partial charge in [0.15, 0.2) is 0 Å². The molecule has 0 radical (unpaired) electrons. The van der Waals surface area contributed by atoms with Crippen LogP contribution in [-0.2, 0) is 11.3 Å². The van der Waals surface area contributed by atoms with Crippen LogP contribution in [0.3, 0.4) is 0 Å². The standard InChI is InChI=1S/C20H29N5O2/c1-23(2)18(27)25-14-19(20(15-25)5-9-22-17(20)26)6-10-24(11-7-19)13-16-4-3-8-21-12-16/h3-4,8,12H,5-7,9-11,13-15H2,1-2H3,(H,22,26)/t20-/m1/s1. The van der Waals surface area contributed by atoms with Crippen molar-refractivity contribution >= 4 is 11.9 Å². The Morgan fingerprint density at radius 3 is 2.63 bits per heavy atom. The van der Waals surface area contributed by atoms with E-state index in [1.54, 1.807) is 25.2 Å². The number of rotatable bonds is 2. The molecule has 1 aromatic rings. The highest BCUT2D eigenvalue weighted by Crippen LogP contribution is 2.56. The van der Waals surface area contributed by atoms with E-state index < -0.39 is 5.41 Å². The number of piperidine rings is 1. The first kappa shape index (κ1) is 18.2. The van der Waals surface area contributed by atoms with Gasteiger partial charge in [0.05, 0.1) is 5.41 Å². The van der Waals surface area contributed by atoms with Gasteiger partial charge in [-0.05, 0) is 44.0 Å². The van der Waals surface area contributed by atoms with Gasteiger partial charge in [-0.2, -0.15) is 0 Å². The Morgan fingerprint density at radius 1 is 1.26 bits per heavy atom. The maximum absolute atomic E-state index is 12.9. The first-order valence-corrected chi connectivity index (χ1v) is 9.82. The highest BCUT2D eigenvalue weighted by molar-refractivity contribution is 5.88. The average molecular weight is 371 g/mol. The maximum Gasteiger partial charge on any atom is 0.319 e. The molecule has 1 aromatic heterocycles. The summed E-state index contributed by atoms with van der Waals surface area (Å²) < 4.78 is 0. The van der Waals surface area contributed by atoms with Crippen molar-refractivity contribution in [1.29, 1.82) is 0 Å². The lowest BCUT2D eigenvalue weighted by Gasteiger charge is -2.46. The first-order chi connectivity index (χ1) is 13.0. The van der Waals surface area contributed by atoms with Gasteiger partial charge in [-0.3, -0.25) is 14.7 Å². The van der Waals surface area contributed by atoms with E-state index in [-0.39, 0.29) is 17.4 Å². The minimum absolute atomic E-state index is 0.0174. The second-order valence-corrected chi connectivity index (χ2v) is 8.54. The maximum atomic E-state index is 12.9. The molecule has 0 aromatic carbocycles. The smallest absolute Gasteiger partial charge is 0.319 e. The Labute approximate surface area is 160 Å². The van der Waals surface area contributed by atoms with Crippen molar-refractivity contribution in [2.75, 3.05) is 46.8 Å². The predicted octanol–water partition coefficient (Wildman–Crippen LogP) is 1.17. The number of fused-ring (bicyclic) bond motifs is 1. The van der Waals surface area contributed by atoms with E-state index >= 15 is 0 Å². The number of nitrogens with one attached hydrogen (secondary N) is 1. The summed E-state index contributed by atoms with van der Waals surface area (Å²) in [5.41, 5.74) is 0.696. The van der Waals surface area contributed by atoms with E-state index in [0.717, 1.165) is 45.4 Å². The van der Waals surface area contributed by atoms with Crippen molar-refractivity contribution < 1.29 is 9.59 Å². The molecule has 0 aliphatic carbocycles. The molecule has 27 heavy (non-hydrogen) atoms. The van der Waals surface area contributed by atoms with Gasteiger partial charge in [0.25, 0.3) is 0 Å². The molecular weight excluding hydrogens is 342 g/mol. The highest BCUT2D eigenvalue weighted by atomic mass is 16.2. The number of likely N-dealkylation sites (tertiary alicyclic amines) is 2. The third kappa shape index (κ3) is 2.98. The van der Waals surface area contributed by atoms with Crippen LogP contribution in [0.4, 0.5) is 4.79 Å². The molecule has 0 unspecified atom stereocenters. The second kappa shape index (κ2) is 6.78. The van der Waals surface area contributed by atoms with Crippen molar-refractivity contribution in [3.8, 4) is 0 Å². The summed E-state index contributed by atoms with van der Waals surface area (Å²) in [6.45, 7) is 4.77. The van der Waals surface area contributed by atoms with Crippen LogP contribution in [0.1, 0.15) is 24.8 Å². The second-order valence-electron chi connectivity index (χ2n) is 8.54. The van der Waals surface area contributed by atoms with E-state index in [9.17, 15) is 9.59 Å². The number of nitrogens with zero attached hydrogens (tertiary/aromatic N) is 4. The van der Waals surface area contributed by atoms with Crippen LogP contribution in [0, 0.1) is 10.8 Å². The molecule has 3 aliphatic rings. The van der Waals surface area contributed by atoms with Crippen LogP contribution in [0.2, 0.25) is 0 Å². The zero-order valence-electron chi connectivity index (χ0n) is 16.3. The molecule has 4 heterocycles. The van der Waals surface area contributed by atoms with Gasteiger partial charge in [0.2, 0.25) is 5.91 Å². The lowest BCUT2D eigenvalue weighted by molar-refractivity contribution is -0.134. The van der Waals surface area contributed by atoms with Crippen molar-refractivity contribution in [3.63, 3.8) is 0 Å². The van der Waals surface area contributed by atoms with Crippen LogP contribution in [0.5, 0.6) is 0 Å². The molecule has 3 amide bonds. The minimum Gasteiger partial charge on any atom is -0.356 e. The zero-order chi connectivity index (χ0) is 19.1. The Balaban J connectivity index is 1.52. The molecule has 7 nitrogen and oxygen atoms in total. The topological polar surface area (TPSA) is 68.8 Å². The molecule has 4 rings (SSSR count). The van der Waals surface area contributed by atoms with Crippen LogP contribution >= 0.6 is 0 Å². The average Bonchev–Trinajstić information content (AvgIpc) is 3.19. The van der Waals surface area contributed by atoms with Crippen LogP contribution in [0.15, 0.2) is 24.5 Å². The van der Waals surface area contributed by atoms with Crippen molar-refractivity contribution in [1.82, 2.24) is 25.0 Å². The van der Waals surface area contributed by atoms with E-state index in [0.29, 0.717) is 13.1 Å². The quantitative estimate of drug-likeness (QED) is 0.847. The SMILES string of the molecule is CN(C)C(=O)N1CC2(CCN(Cc3cccnc3)CC2)[C@]2(CCNC2=O)C1. The van der Waals surface area contributed by atoms with Gasteiger partial charge in [-0.25, -0.2) is 4.79 Å². The Hall–Kier alpha value is -2.15. The van der Waals surface area contributed by atoms with E-state index in [4.69, 9.17) is 0 Å². The van der Waals surface area contributed by atoms with Gasteiger partial charge < -0.3 is 15.1 Å². The number of hydrogen-bond acceptors (Lipinski definition) is 4. The fourth-order valence-corrected chi connectivity index (χ4v) is 5.34. The largest absolute Gasteiger partial charge is 0.356 e. The van der Waals surface area contributed by atoms with Crippen LogP contribution < -0.4 is 5.32 Å². The number of amides is 3. The van der Waals surface area contributed by atoms with Crippen molar-refractivity contribution in [2.45, 2.75) is 25.8 Å². The van der Waals surface area contributed by atoms with E-state index in [1.807, 2.05) is 17.2 Å². The van der Waals surface area contributed by atoms with Gasteiger partial charge >= 0.3 is 6.03 Å². The molecule has 1 atom stereocenters. The molecule has 3 saturated heterocycles. The number of urea groups is 1. The lowest BCUT2D eigenvalue weighted by Crippen LogP contribution is -2.52. The van der Waals surface area contributed by atoms with Crippen molar-refractivity contribution in [2.24, 2.45) is 10.8 Å². The molecule has 0 bridgehead atoms. The molecule has 7 heteroatoms. The number of carbonyl (C=O) groups excluding carboxylic acids is 2. The molecular formula is C20H29N5O2. The van der Waals surface area contributed by atoms with Crippen LogP contribution in [0.25, 0.3) is 0 Å². The van der Waals surface area contributed by atoms with Gasteiger partial charge in [0, 0.05) is 58.1 Å². The van der Waals surface area contributed by atoms with Crippen LogP contribution in [-0.4, -0.2) is 78.4 Å². The summed E-state index contributed by atoms with van der Waals surface area (Å²) in [5, 5.41) is 3.05. The third-order valence-electron chi connectivity index (χ3n) is 6.84. The minimum atomic E-state index is -0.418. The summed E-state index contributed by atoms with van der Waals surface area (Å²) in [6, 6.07) is 4.10. The monoisotopic (exact) mass is 371 g/mol. The van der Waals surface area contributed by atoms with E-state index in [2.05, 4.69) is 21.3 Å². The Bertz CT molecular complexity index is 714. The normalized spacial score (nSPS) is 27.3. The summed E-state index contributed by atoms with van der Waals surface area (Å²) in [7, 11) is 3.57. The summed E-state index contributed by atoms with van der Waals surface area (Å²) in [6.07, 6.45) is 6.47. The summed E-state index contributed by atoms with van der Waals surface area (Å²) >= 11 is 0. The molecule has 1 N–H and O–H groups in total. The number of aromatic nitrogens is 1. The highest BCUT2D eigenvalue weighted by Gasteiger charge is 2.64. The fourth-order valence-electron chi connectivity index (χ4n) is 5.34. The van der Waals surface area contributed by atoms with Crippen molar-refractivity contribution in [3.05, 3.63) is 30.1 Å². The fraction of sp³-hybridized carbons (Fsp3) is 0.650. The molecule has 3 aliphatic heterocycles. The Morgan fingerprint density at radius 2 is 2.04 bits per heavy atom. The number of carbonyl (C=O) groups is 2. The van der Waals surface area contributed by atoms with Gasteiger partial charge in [-0.15, -0.1) is 0 Å². The molecule has 146 valence electrons. The first-order valence-electron chi connectivity index (χ1n) is 9.82. The molecule has 2 spiro atoms. The Kier molecular flexibility index (Phi) is 4.58. The van der Waals surface area contributed by atoms with Gasteiger partial charge in [0.1, 0.15) is 0 Å². The zero-order valence-corrected chi connectivity index (χ0v) is 16.3. The molecule has 0 saturated carbocycles. The predicted molar refractivity (Wildman–Crippen MR) is 102 cm³/mol. The van der Waals surface area contributed by atoms with Gasteiger partial charge in [-0.1, -0.05) is 6.07 Å². The number of pyridine rings is 1. The number of hydrogen-bond donors (Lipinski definition) is 1.